The lowest BCUT2D eigenvalue weighted by molar-refractivity contribution is 0.257. The predicted molar refractivity (Wildman–Crippen MR) is 91.0 cm³/mol. The van der Waals surface area contributed by atoms with Gasteiger partial charge < -0.3 is 10.2 Å². The molecule has 2 aliphatic heterocycles. The third kappa shape index (κ3) is 3.79. The molecule has 0 amide bonds. The molecular formula is C19H30N2. The normalized spacial score (nSPS) is 26.7. The number of hydrogen-bond acceptors (Lipinski definition) is 2. The number of nitrogens with zero attached hydrogens (tertiary/aromatic N) is 1. The summed E-state index contributed by atoms with van der Waals surface area (Å²) in [6.45, 7) is 7.35. The first kappa shape index (κ1) is 14.9. The second-order valence-electron chi connectivity index (χ2n) is 6.89. The fraction of sp³-hybridized carbons (Fsp3) is 0.684. The maximum absolute atomic E-state index is 3.55. The zero-order valence-corrected chi connectivity index (χ0v) is 13.5. The maximum atomic E-state index is 3.55. The fourth-order valence-corrected chi connectivity index (χ4v) is 4.16. The van der Waals surface area contributed by atoms with Crippen LogP contribution in [0.15, 0.2) is 24.3 Å². The van der Waals surface area contributed by atoms with Crippen LogP contribution in [0, 0.1) is 5.92 Å². The van der Waals surface area contributed by atoms with Crippen LogP contribution in [-0.2, 0) is 0 Å². The number of anilines is 1. The second-order valence-corrected chi connectivity index (χ2v) is 6.89. The molecule has 3 rings (SSSR count). The Morgan fingerprint density at radius 1 is 1.14 bits per heavy atom. The van der Waals surface area contributed by atoms with Gasteiger partial charge in [-0.25, -0.2) is 0 Å². The summed E-state index contributed by atoms with van der Waals surface area (Å²) < 4.78 is 0. The van der Waals surface area contributed by atoms with Crippen molar-refractivity contribution in [2.45, 2.75) is 51.4 Å². The molecule has 2 atom stereocenters. The van der Waals surface area contributed by atoms with Crippen molar-refractivity contribution in [3.05, 3.63) is 29.8 Å². The fourth-order valence-electron chi connectivity index (χ4n) is 4.16. The highest BCUT2D eigenvalue weighted by molar-refractivity contribution is 5.54. The molecule has 0 spiro atoms. The van der Waals surface area contributed by atoms with Gasteiger partial charge in [0.15, 0.2) is 0 Å². The standard InChI is InChI=1S/C19H30N2/c1-2-6-16-7-5-13-21(14-11-16)15-17-10-12-20-19-9-4-3-8-18(17)19/h3-4,8-9,16-17,20H,2,5-7,10-15H2,1H3. The highest BCUT2D eigenvalue weighted by Crippen LogP contribution is 2.32. The van der Waals surface area contributed by atoms with Gasteiger partial charge in [0.05, 0.1) is 0 Å². The van der Waals surface area contributed by atoms with Crippen LogP contribution in [0.3, 0.4) is 0 Å². The van der Waals surface area contributed by atoms with E-state index in [-0.39, 0.29) is 0 Å². The molecule has 2 nitrogen and oxygen atoms in total. The van der Waals surface area contributed by atoms with Crippen molar-refractivity contribution in [1.29, 1.82) is 0 Å². The van der Waals surface area contributed by atoms with E-state index in [9.17, 15) is 0 Å². The quantitative estimate of drug-likeness (QED) is 0.877. The van der Waals surface area contributed by atoms with Crippen LogP contribution >= 0.6 is 0 Å². The summed E-state index contributed by atoms with van der Waals surface area (Å²) in [5.74, 6) is 1.71. The molecule has 1 aromatic rings. The molecule has 2 unspecified atom stereocenters. The average molecular weight is 286 g/mol. The zero-order valence-electron chi connectivity index (χ0n) is 13.5. The summed E-state index contributed by atoms with van der Waals surface area (Å²) in [6, 6.07) is 8.90. The van der Waals surface area contributed by atoms with E-state index < -0.39 is 0 Å². The van der Waals surface area contributed by atoms with E-state index in [1.54, 1.807) is 0 Å². The van der Waals surface area contributed by atoms with Crippen molar-refractivity contribution in [2.24, 2.45) is 5.92 Å². The smallest absolute Gasteiger partial charge is 0.0376 e. The Morgan fingerprint density at radius 2 is 2.05 bits per heavy atom. The topological polar surface area (TPSA) is 15.3 Å². The molecule has 2 heteroatoms. The Hall–Kier alpha value is -1.02. The first-order valence-corrected chi connectivity index (χ1v) is 8.92. The molecule has 0 saturated carbocycles. The summed E-state index contributed by atoms with van der Waals surface area (Å²) in [5.41, 5.74) is 2.91. The SMILES string of the molecule is CCCC1CCCN(CC2CCNc3ccccc32)CC1. The van der Waals surface area contributed by atoms with Gasteiger partial charge in [0.25, 0.3) is 0 Å². The van der Waals surface area contributed by atoms with E-state index >= 15 is 0 Å². The van der Waals surface area contributed by atoms with Crippen molar-refractivity contribution >= 4 is 5.69 Å². The van der Waals surface area contributed by atoms with E-state index in [1.807, 2.05) is 0 Å². The van der Waals surface area contributed by atoms with Crippen molar-refractivity contribution in [2.75, 3.05) is 31.5 Å². The van der Waals surface area contributed by atoms with Gasteiger partial charge in [-0.1, -0.05) is 38.0 Å². The maximum Gasteiger partial charge on any atom is 0.0376 e. The molecular weight excluding hydrogens is 256 g/mol. The van der Waals surface area contributed by atoms with E-state index in [1.165, 1.54) is 69.4 Å². The van der Waals surface area contributed by atoms with E-state index in [0.29, 0.717) is 0 Å². The Bertz CT molecular complexity index is 443. The number of para-hydroxylation sites is 1. The van der Waals surface area contributed by atoms with Crippen molar-refractivity contribution in [3.63, 3.8) is 0 Å². The molecule has 21 heavy (non-hydrogen) atoms. The number of rotatable bonds is 4. The lowest BCUT2D eigenvalue weighted by Gasteiger charge is -2.31. The minimum atomic E-state index is 0.727. The third-order valence-electron chi connectivity index (χ3n) is 5.32. The van der Waals surface area contributed by atoms with Crippen LogP contribution in [0.25, 0.3) is 0 Å². The molecule has 0 bridgehead atoms. The van der Waals surface area contributed by atoms with Gasteiger partial charge in [0.1, 0.15) is 0 Å². The Labute approximate surface area is 129 Å². The summed E-state index contributed by atoms with van der Waals surface area (Å²) in [4.78, 5) is 2.74. The van der Waals surface area contributed by atoms with E-state index in [2.05, 4.69) is 41.4 Å². The van der Waals surface area contributed by atoms with Crippen molar-refractivity contribution in [3.8, 4) is 0 Å². The highest BCUT2D eigenvalue weighted by Gasteiger charge is 2.23. The number of fused-ring (bicyclic) bond motifs is 1. The molecule has 1 saturated heterocycles. The van der Waals surface area contributed by atoms with Gasteiger partial charge in [-0.05, 0) is 56.3 Å². The first-order chi connectivity index (χ1) is 10.4. The number of nitrogens with one attached hydrogen (secondary N) is 1. The zero-order chi connectivity index (χ0) is 14.5. The summed E-state index contributed by atoms with van der Waals surface area (Å²) >= 11 is 0. The van der Waals surface area contributed by atoms with Crippen LogP contribution in [0.1, 0.15) is 56.9 Å². The monoisotopic (exact) mass is 286 g/mol. The van der Waals surface area contributed by atoms with Crippen LogP contribution in [0.5, 0.6) is 0 Å². The molecule has 2 aliphatic rings. The average Bonchev–Trinajstić information content (AvgIpc) is 2.74. The third-order valence-corrected chi connectivity index (χ3v) is 5.32. The summed E-state index contributed by atoms with van der Waals surface area (Å²) in [5, 5.41) is 3.55. The minimum absolute atomic E-state index is 0.727. The number of likely N-dealkylation sites (tertiary alicyclic amines) is 1. The lowest BCUT2D eigenvalue weighted by atomic mass is 9.90. The minimum Gasteiger partial charge on any atom is -0.385 e. The van der Waals surface area contributed by atoms with Crippen LogP contribution in [-0.4, -0.2) is 31.1 Å². The number of hydrogen-bond donors (Lipinski definition) is 1. The highest BCUT2D eigenvalue weighted by atomic mass is 15.1. The molecule has 1 fully saturated rings. The Balaban J connectivity index is 1.60. The van der Waals surface area contributed by atoms with E-state index in [4.69, 9.17) is 0 Å². The lowest BCUT2D eigenvalue weighted by Crippen LogP contribution is -2.32. The molecule has 1 aromatic carbocycles. The second kappa shape index (κ2) is 7.31. The van der Waals surface area contributed by atoms with Crippen molar-refractivity contribution in [1.82, 2.24) is 4.90 Å². The van der Waals surface area contributed by atoms with Crippen LogP contribution in [0.2, 0.25) is 0 Å². The molecule has 2 heterocycles. The first-order valence-electron chi connectivity index (χ1n) is 8.92. The number of benzene rings is 1. The van der Waals surface area contributed by atoms with Gasteiger partial charge in [0, 0.05) is 24.7 Å². The Morgan fingerprint density at radius 3 is 2.95 bits per heavy atom. The van der Waals surface area contributed by atoms with Crippen LogP contribution < -0.4 is 5.32 Å². The summed E-state index contributed by atoms with van der Waals surface area (Å²) in [7, 11) is 0. The van der Waals surface area contributed by atoms with Crippen LogP contribution in [0.4, 0.5) is 5.69 Å². The molecule has 1 N–H and O–H groups in total. The molecule has 0 aliphatic carbocycles. The van der Waals surface area contributed by atoms with Gasteiger partial charge in [0.2, 0.25) is 0 Å². The van der Waals surface area contributed by atoms with Gasteiger partial charge in [-0.15, -0.1) is 0 Å². The van der Waals surface area contributed by atoms with Gasteiger partial charge >= 0.3 is 0 Å². The van der Waals surface area contributed by atoms with Gasteiger partial charge in [-0.2, -0.15) is 0 Å². The van der Waals surface area contributed by atoms with Crippen molar-refractivity contribution < 1.29 is 0 Å². The Kier molecular flexibility index (Phi) is 5.18. The predicted octanol–water partition coefficient (Wildman–Crippen LogP) is 4.49. The van der Waals surface area contributed by atoms with E-state index in [0.717, 1.165) is 18.4 Å². The molecule has 0 radical (unpaired) electrons. The molecule has 0 aromatic heterocycles. The van der Waals surface area contributed by atoms with Gasteiger partial charge in [-0.3, -0.25) is 0 Å². The molecule has 116 valence electrons. The largest absolute Gasteiger partial charge is 0.385 e. The summed E-state index contributed by atoms with van der Waals surface area (Å²) in [6.07, 6.45) is 8.34.